The van der Waals surface area contributed by atoms with E-state index in [-0.39, 0.29) is 17.6 Å². The van der Waals surface area contributed by atoms with E-state index in [9.17, 15) is 18.0 Å². The largest absolute Gasteiger partial charge is 0.416 e. The lowest BCUT2D eigenvalue weighted by Crippen LogP contribution is -2.26. The molecule has 0 bridgehead atoms. The van der Waals surface area contributed by atoms with Crippen molar-refractivity contribution < 1.29 is 23.1 Å². The van der Waals surface area contributed by atoms with Gasteiger partial charge >= 0.3 is 6.18 Å². The summed E-state index contributed by atoms with van der Waals surface area (Å²) in [7, 11) is 0. The van der Waals surface area contributed by atoms with Gasteiger partial charge in [-0.05, 0) is 42.5 Å². The molecule has 0 fully saturated rings. The molecule has 0 heterocycles. The second-order valence-electron chi connectivity index (χ2n) is 5.76. The van der Waals surface area contributed by atoms with Crippen LogP contribution in [0.3, 0.4) is 0 Å². The third-order valence-electron chi connectivity index (χ3n) is 3.22. The molecule has 1 amide bonds. The molecule has 3 nitrogen and oxygen atoms in total. The summed E-state index contributed by atoms with van der Waals surface area (Å²) < 4.78 is 37.2. The Morgan fingerprint density at radius 2 is 1.76 bits per heavy atom. The van der Waals surface area contributed by atoms with E-state index in [0.29, 0.717) is 13.0 Å². The fourth-order valence-electron chi connectivity index (χ4n) is 1.76. The molecule has 0 aliphatic carbocycles. The second-order valence-corrected chi connectivity index (χ2v) is 5.76. The van der Waals surface area contributed by atoms with Crippen molar-refractivity contribution in [3.05, 3.63) is 35.4 Å². The van der Waals surface area contributed by atoms with Crippen molar-refractivity contribution >= 4 is 5.91 Å². The van der Waals surface area contributed by atoms with E-state index in [1.165, 1.54) is 0 Å². The van der Waals surface area contributed by atoms with Crippen LogP contribution < -0.4 is 5.32 Å². The van der Waals surface area contributed by atoms with Gasteiger partial charge in [0.05, 0.1) is 5.56 Å². The third-order valence-corrected chi connectivity index (χ3v) is 3.22. The SMILES string of the molecule is CC(C)(CO)CCCNC(=O)c1ccc(C(F)(F)F)cc1. The second kappa shape index (κ2) is 6.93. The maximum Gasteiger partial charge on any atom is 0.416 e. The van der Waals surface area contributed by atoms with Crippen LogP contribution in [-0.2, 0) is 6.18 Å². The minimum absolute atomic E-state index is 0.0693. The Morgan fingerprint density at radius 1 is 1.19 bits per heavy atom. The number of carbonyl (C=O) groups excluding carboxylic acids is 1. The van der Waals surface area contributed by atoms with E-state index < -0.39 is 17.6 Å². The van der Waals surface area contributed by atoms with Gasteiger partial charge < -0.3 is 10.4 Å². The molecule has 0 spiro atoms. The zero-order valence-corrected chi connectivity index (χ0v) is 12.1. The van der Waals surface area contributed by atoms with Gasteiger partial charge in [0.2, 0.25) is 0 Å². The number of rotatable bonds is 6. The molecule has 21 heavy (non-hydrogen) atoms. The summed E-state index contributed by atoms with van der Waals surface area (Å²) in [6.45, 7) is 4.33. The van der Waals surface area contributed by atoms with E-state index in [1.54, 1.807) is 0 Å². The maximum absolute atomic E-state index is 12.4. The van der Waals surface area contributed by atoms with Crippen LogP contribution in [0.15, 0.2) is 24.3 Å². The summed E-state index contributed by atoms with van der Waals surface area (Å²) in [5.41, 5.74) is -0.771. The fourth-order valence-corrected chi connectivity index (χ4v) is 1.76. The Morgan fingerprint density at radius 3 is 2.24 bits per heavy atom. The van der Waals surface area contributed by atoms with Gasteiger partial charge in [-0.3, -0.25) is 4.79 Å². The van der Waals surface area contributed by atoms with E-state index in [1.807, 2.05) is 13.8 Å². The van der Waals surface area contributed by atoms with E-state index >= 15 is 0 Å². The van der Waals surface area contributed by atoms with E-state index in [0.717, 1.165) is 30.7 Å². The molecule has 0 aliphatic heterocycles. The predicted molar refractivity (Wildman–Crippen MR) is 73.9 cm³/mol. The number of aliphatic hydroxyl groups is 1. The average Bonchev–Trinajstić information content (AvgIpc) is 2.42. The van der Waals surface area contributed by atoms with Gasteiger partial charge in [0.25, 0.3) is 5.91 Å². The molecule has 2 N–H and O–H groups in total. The van der Waals surface area contributed by atoms with Crippen LogP contribution in [0.4, 0.5) is 13.2 Å². The molecule has 1 aromatic carbocycles. The van der Waals surface area contributed by atoms with Gasteiger partial charge in [0.15, 0.2) is 0 Å². The van der Waals surface area contributed by atoms with E-state index in [2.05, 4.69) is 5.32 Å². The first-order valence-corrected chi connectivity index (χ1v) is 6.72. The number of halogens is 3. The molecule has 0 radical (unpaired) electrons. The van der Waals surface area contributed by atoms with Crippen molar-refractivity contribution in [1.82, 2.24) is 5.32 Å². The van der Waals surface area contributed by atoms with Gasteiger partial charge in [-0.15, -0.1) is 0 Å². The third kappa shape index (κ3) is 5.75. The van der Waals surface area contributed by atoms with Crippen LogP contribution in [-0.4, -0.2) is 24.2 Å². The molecule has 1 rings (SSSR count). The first-order valence-electron chi connectivity index (χ1n) is 6.72. The summed E-state index contributed by atoms with van der Waals surface area (Å²) in [6.07, 6.45) is -2.96. The van der Waals surface area contributed by atoms with Gasteiger partial charge in [-0.2, -0.15) is 13.2 Å². The number of hydrogen-bond acceptors (Lipinski definition) is 2. The number of nitrogens with one attached hydrogen (secondary N) is 1. The number of alkyl halides is 3. The normalized spacial score (nSPS) is 12.3. The molecule has 0 saturated heterocycles. The summed E-state index contributed by atoms with van der Waals surface area (Å²) in [5.74, 6) is -0.398. The highest BCUT2D eigenvalue weighted by molar-refractivity contribution is 5.94. The van der Waals surface area contributed by atoms with Gasteiger partial charge in [-0.25, -0.2) is 0 Å². The highest BCUT2D eigenvalue weighted by Gasteiger charge is 2.30. The van der Waals surface area contributed by atoms with Gasteiger partial charge in [-0.1, -0.05) is 13.8 Å². The summed E-state index contributed by atoms with van der Waals surface area (Å²) >= 11 is 0. The summed E-state index contributed by atoms with van der Waals surface area (Å²) in [5, 5.41) is 11.7. The zero-order valence-electron chi connectivity index (χ0n) is 12.1. The van der Waals surface area contributed by atoms with Crippen molar-refractivity contribution in [3.8, 4) is 0 Å². The molecule has 118 valence electrons. The van der Waals surface area contributed by atoms with Crippen LogP contribution in [0.5, 0.6) is 0 Å². The summed E-state index contributed by atoms with van der Waals surface area (Å²) in [6, 6.07) is 4.11. The highest BCUT2D eigenvalue weighted by atomic mass is 19.4. The molecular weight excluding hydrogens is 283 g/mol. The molecule has 1 aromatic rings. The first kappa shape index (κ1) is 17.5. The standard InChI is InChI=1S/C15H20F3NO2/c1-14(2,10-20)8-3-9-19-13(21)11-4-6-12(7-5-11)15(16,17)18/h4-7,20H,3,8-10H2,1-2H3,(H,19,21). The van der Waals surface area contributed by atoms with Crippen LogP contribution in [0.2, 0.25) is 0 Å². The lowest BCUT2D eigenvalue weighted by atomic mass is 9.89. The number of aliphatic hydroxyl groups excluding tert-OH is 1. The lowest BCUT2D eigenvalue weighted by molar-refractivity contribution is -0.137. The highest BCUT2D eigenvalue weighted by Crippen LogP contribution is 2.29. The molecular formula is C15H20F3NO2. The van der Waals surface area contributed by atoms with Crippen molar-refractivity contribution in [2.24, 2.45) is 5.41 Å². The number of carbonyl (C=O) groups is 1. The van der Waals surface area contributed by atoms with Crippen molar-refractivity contribution in [2.45, 2.75) is 32.9 Å². The van der Waals surface area contributed by atoms with Gasteiger partial charge in [0.1, 0.15) is 0 Å². The van der Waals surface area contributed by atoms with Gasteiger partial charge in [0, 0.05) is 18.7 Å². The molecule has 0 unspecified atom stereocenters. The minimum Gasteiger partial charge on any atom is -0.396 e. The lowest BCUT2D eigenvalue weighted by Gasteiger charge is -2.21. The van der Waals surface area contributed by atoms with Crippen molar-refractivity contribution in [2.75, 3.05) is 13.2 Å². The first-order chi connectivity index (χ1) is 9.65. The Labute approximate surface area is 122 Å². The summed E-state index contributed by atoms with van der Waals surface area (Å²) in [4.78, 5) is 11.8. The topological polar surface area (TPSA) is 49.3 Å². The molecule has 0 aromatic heterocycles. The quantitative estimate of drug-likeness (QED) is 0.793. The fraction of sp³-hybridized carbons (Fsp3) is 0.533. The molecule has 0 aliphatic rings. The Kier molecular flexibility index (Phi) is 5.78. The average molecular weight is 303 g/mol. The molecule has 0 saturated carbocycles. The van der Waals surface area contributed by atoms with Crippen LogP contribution in [0.1, 0.15) is 42.6 Å². The zero-order chi connectivity index (χ0) is 16.1. The molecule has 0 atom stereocenters. The minimum atomic E-state index is -4.40. The Balaban J connectivity index is 2.46. The Hall–Kier alpha value is -1.56. The van der Waals surface area contributed by atoms with Crippen LogP contribution >= 0.6 is 0 Å². The smallest absolute Gasteiger partial charge is 0.396 e. The monoisotopic (exact) mass is 303 g/mol. The van der Waals surface area contributed by atoms with Crippen LogP contribution in [0, 0.1) is 5.41 Å². The number of hydrogen-bond donors (Lipinski definition) is 2. The molecule has 6 heteroatoms. The van der Waals surface area contributed by atoms with E-state index in [4.69, 9.17) is 5.11 Å². The van der Waals surface area contributed by atoms with Crippen molar-refractivity contribution in [1.29, 1.82) is 0 Å². The number of benzene rings is 1. The Bertz CT molecular complexity index is 467. The maximum atomic E-state index is 12.4. The van der Waals surface area contributed by atoms with Crippen molar-refractivity contribution in [3.63, 3.8) is 0 Å². The predicted octanol–water partition coefficient (Wildman–Crippen LogP) is 3.23. The van der Waals surface area contributed by atoms with Crippen LogP contribution in [0.25, 0.3) is 0 Å². The number of amides is 1.